The van der Waals surface area contributed by atoms with Crippen LogP contribution in [0.2, 0.25) is 0 Å². The van der Waals surface area contributed by atoms with E-state index >= 15 is 0 Å². The zero-order valence-electron chi connectivity index (χ0n) is 14.7. The molecule has 3 atom stereocenters. The van der Waals surface area contributed by atoms with Gasteiger partial charge in [0, 0.05) is 31.2 Å². The average Bonchev–Trinajstić information content (AvgIpc) is 3.03. The SMILES string of the molecule is CC(C)(CO)C(CNC1CCN2CCCC2C1)c1ccccc1. The van der Waals surface area contributed by atoms with Crippen LogP contribution in [0.5, 0.6) is 0 Å². The molecule has 3 unspecified atom stereocenters. The molecule has 2 N–H and O–H groups in total. The summed E-state index contributed by atoms with van der Waals surface area (Å²) >= 11 is 0. The molecule has 0 spiro atoms. The summed E-state index contributed by atoms with van der Waals surface area (Å²) in [5.41, 5.74) is 1.22. The van der Waals surface area contributed by atoms with Crippen LogP contribution in [0.15, 0.2) is 30.3 Å². The van der Waals surface area contributed by atoms with Gasteiger partial charge in [0.25, 0.3) is 0 Å². The number of fused-ring (bicyclic) bond motifs is 1. The number of benzene rings is 1. The number of rotatable bonds is 6. The minimum Gasteiger partial charge on any atom is -0.396 e. The maximum Gasteiger partial charge on any atom is 0.0488 e. The van der Waals surface area contributed by atoms with E-state index in [1.165, 1.54) is 44.3 Å². The molecule has 1 aromatic carbocycles. The molecular weight excluding hydrogens is 284 g/mol. The topological polar surface area (TPSA) is 35.5 Å². The molecular formula is C20H32N2O. The Morgan fingerprint density at radius 2 is 2.00 bits per heavy atom. The average molecular weight is 316 g/mol. The number of hydrogen-bond donors (Lipinski definition) is 2. The lowest BCUT2D eigenvalue weighted by Crippen LogP contribution is -2.47. The number of piperidine rings is 1. The van der Waals surface area contributed by atoms with Crippen LogP contribution in [0.25, 0.3) is 0 Å². The first-order valence-corrected chi connectivity index (χ1v) is 9.23. The number of nitrogens with zero attached hydrogens (tertiary/aromatic N) is 1. The standard InChI is InChI=1S/C20H32N2O/c1-20(2,15-23)19(16-7-4-3-5-8-16)14-21-17-10-12-22-11-6-9-18(22)13-17/h3-5,7-8,17-19,21,23H,6,9-15H2,1-2H3. The summed E-state index contributed by atoms with van der Waals surface area (Å²) in [5.74, 6) is 0.343. The Labute approximate surface area is 141 Å². The smallest absolute Gasteiger partial charge is 0.0488 e. The van der Waals surface area contributed by atoms with Gasteiger partial charge >= 0.3 is 0 Å². The summed E-state index contributed by atoms with van der Waals surface area (Å²) in [6.45, 7) is 8.07. The molecule has 0 aliphatic carbocycles. The van der Waals surface area contributed by atoms with E-state index < -0.39 is 0 Å². The van der Waals surface area contributed by atoms with Crippen molar-refractivity contribution in [3.05, 3.63) is 35.9 Å². The monoisotopic (exact) mass is 316 g/mol. The highest BCUT2D eigenvalue weighted by Gasteiger charge is 2.34. The predicted octanol–water partition coefficient (Wildman–Crippen LogP) is 3.01. The quantitative estimate of drug-likeness (QED) is 0.847. The summed E-state index contributed by atoms with van der Waals surface area (Å²) in [5, 5.41) is 13.7. The van der Waals surface area contributed by atoms with Gasteiger partial charge in [-0.1, -0.05) is 44.2 Å². The van der Waals surface area contributed by atoms with Crippen LogP contribution in [0, 0.1) is 5.41 Å². The van der Waals surface area contributed by atoms with Crippen LogP contribution in [-0.4, -0.2) is 48.3 Å². The molecule has 0 bridgehead atoms. The minimum absolute atomic E-state index is 0.109. The van der Waals surface area contributed by atoms with E-state index in [2.05, 4.69) is 54.4 Å². The number of aliphatic hydroxyl groups excluding tert-OH is 1. The Kier molecular flexibility index (Phi) is 5.40. The van der Waals surface area contributed by atoms with Crippen molar-refractivity contribution in [1.82, 2.24) is 10.2 Å². The van der Waals surface area contributed by atoms with Crippen LogP contribution in [0.4, 0.5) is 0 Å². The third-order valence-corrected chi connectivity index (χ3v) is 5.98. The molecule has 0 saturated carbocycles. The Hall–Kier alpha value is -0.900. The van der Waals surface area contributed by atoms with E-state index in [9.17, 15) is 5.11 Å². The Bertz CT molecular complexity index is 488. The Morgan fingerprint density at radius 1 is 1.22 bits per heavy atom. The second-order valence-electron chi connectivity index (χ2n) is 8.07. The van der Waals surface area contributed by atoms with E-state index in [1.54, 1.807) is 0 Å². The van der Waals surface area contributed by atoms with Crippen molar-refractivity contribution in [2.45, 2.75) is 57.5 Å². The first kappa shape index (κ1) is 16.9. The van der Waals surface area contributed by atoms with Gasteiger partial charge in [-0.25, -0.2) is 0 Å². The molecule has 3 nitrogen and oxygen atoms in total. The fraction of sp³-hybridized carbons (Fsp3) is 0.700. The summed E-state index contributed by atoms with van der Waals surface area (Å²) < 4.78 is 0. The molecule has 2 saturated heterocycles. The molecule has 0 amide bonds. The first-order valence-electron chi connectivity index (χ1n) is 9.23. The van der Waals surface area contributed by atoms with Gasteiger partial charge in [-0.15, -0.1) is 0 Å². The lowest BCUT2D eigenvalue weighted by atomic mass is 9.75. The van der Waals surface area contributed by atoms with Crippen LogP contribution in [0.1, 0.15) is 51.0 Å². The van der Waals surface area contributed by atoms with Crippen LogP contribution < -0.4 is 5.32 Å². The molecule has 2 fully saturated rings. The molecule has 2 heterocycles. The third-order valence-electron chi connectivity index (χ3n) is 5.98. The normalized spacial score (nSPS) is 26.9. The second kappa shape index (κ2) is 7.33. The number of hydrogen-bond acceptors (Lipinski definition) is 3. The molecule has 3 heteroatoms. The van der Waals surface area contributed by atoms with Crippen molar-refractivity contribution < 1.29 is 5.11 Å². The molecule has 0 radical (unpaired) electrons. The minimum atomic E-state index is -0.109. The fourth-order valence-electron chi connectivity index (χ4n) is 4.34. The van der Waals surface area contributed by atoms with Crippen molar-refractivity contribution in [2.24, 2.45) is 5.41 Å². The summed E-state index contributed by atoms with van der Waals surface area (Å²) in [4.78, 5) is 2.67. The molecule has 2 aliphatic rings. The molecule has 23 heavy (non-hydrogen) atoms. The molecule has 0 aromatic heterocycles. The maximum atomic E-state index is 9.85. The van der Waals surface area contributed by atoms with Crippen molar-refractivity contribution >= 4 is 0 Å². The van der Waals surface area contributed by atoms with E-state index in [-0.39, 0.29) is 12.0 Å². The maximum absolute atomic E-state index is 9.85. The van der Waals surface area contributed by atoms with Crippen molar-refractivity contribution in [3.8, 4) is 0 Å². The van der Waals surface area contributed by atoms with Gasteiger partial charge in [0.15, 0.2) is 0 Å². The van der Waals surface area contributed by atoms with E-state index in [1.807, 2.05) is 0 Å². The van der Waals surface area contributed by atoms with E-state index in [0.29, 0.717) is 12.0 Å². The largest absolute Gasteiger partial charge is 0.396 e. The van der Waals surface area contributed by atoms with Gasteiger partial charge in [-0.2, -0.15) is 0 Å². The summed E-state index contributed by atoms with van der Waals surface area (Å²) in [6.07, 6.45) is 5.31. The van der Waals surface area contributed by atoms with Gasteiger partial charge in [-0.3, -0.25) is 0 Å². The number of nitrogens with one attached hydrogen (secondary N) is 1. The van der Waals surface area contributed by atoms with Crippen LogP contribution in [0.3, 0.4) is 0 Å². The molecule has 3 rings (SSSR count). The highest BCUT2D eigenvalue weighted by atomic mass is 16.3. The zero-order valence-corrected chi connectivity index (χ0v) is 14.7. The van der Waals surface area contributed by atoms with Crippen LogP contribution >= 0.6 is 0 Å². The molecule has 1 aromatic rings. The highest BCUT2D eigenvalue weighted by Crippen LogP contribution is 2.35. The summed E-state index contributed by atoms with van der Waals surface area (Å²) in [6, 6.07) is 12.1. The summed E-state index contributed by atoms with van der Waals surface area (Å²) in [7, 11) is 0. The zero-order chi connectivity index (χ0) is 16.3. The van der Waals surface area contributed by atoms with Crippen molar-refractivity contribution in [2.75, 3.05) is 26.2 Å². The van der Waals surface area contributed by atoms with Crippen molar-refractivity contribution in [3.63, 3.8) is 0 Å². The molecule has 128 valence electrons. The highest BCUT2D eigenvalue weighted by molar-refractivity contribution is 5.22. The van der Waals surface area contributed by atoms with Gasteiger partial charge < -0.3 is 15.3 Å². The van der Waals surface area contributed by atoms with Crippen LogP contribution in [-0.2, 0) is 0 Å². The lowest BCUT2D eigenvalue weighted by molar-refractivity contribution is 0.120. The van der Waals surface area contributed by atoms with Crippen molar-refractivity contribution in [1.29, 1.82) is 0 Å². The predicted molar refractivity (Wildman–Crippen MR) is 95.7 cm³/mol. The van der Waals surface area contributed by atoms with Gasteiger partial charge in [0.2, 0.25) is 0 Å². The van der Waals surface area contributed by atoms with E-state index in [4.69, 9.17) is 0 Å². The fourth-order valence-corrected chi connectivity index (χ4v) is 4.34. The Balaban J connectivity index is 1.63. The third kappa shape index (κ3) is 3.96. The van der Waals surface area contributed by atoms with Gasteiger partial charge in [0.1, 0.15) is 0 Å². The molecule has 2 aliphatic heterocycles. The Morgan fingerprint density at radius 3 is 2.74 bits per heavy atom. The lowest BCUT2D eigenvalue weighted by Gasteiger charge is -2.38. The van der Waals surface area contributed by atoms with Gasteiger partial charge in [-0.05, 0) is 49.8 Å². The van der Waals surface area contributed by atoms with E-state index in [0.717, 1.165) is 12.6 Å². The first-order chi connectivity index (χ1) is 11.1. The second-order valence-corrected chi connectivity index (χ2v) is 8.07. The van der Waals surface area contributed by atoms with Gasteiger partial charge in [0.05, 0.1) is 0 Å². The number of aliphatic hydroxyl groups is 1.